The van der Waals surface area contributed by atoms with E-state index >= 15 is 0 Å². The zero-order valence-corrected chi connectivity index (χ0v) is 14.2. The highest BCUT2D eigenvalue weighted by Gasteiger charge is 2.13. The summed E-state index contributed by atoms with van der Waals surface area (Å²) in [6, 6.07) is 11.4. The molecule has 0 saturated carbocycles. The first-order valence-electron chi connectivity index (χ1n) is 7.11. The van der Waals surface area contributed by atoms with Crippen LogP contribution in [0.25, 0.3) is 0 Å². The van der Waals surface area contributed by atoms with Crippen LogP contribution in [0, 0.1) is 0 Å². The molecular weight excluding hydrogens is 321 g/mol. The van der Waals surface area contributed by atoms with Crippen LogP contribution < -0.4 is 14.8 Å². The maximum atomic E-state index is 6.35. The smallest absolute Gasteiger partial charge is 0.180 e. The average molecular weight is 340 g/mol. The Morgan fingerprint density at radius 3 is 2.50 bits per heavy atom. The molecule has 0 unspecified atom stereocenters. The van der Waals surface area contributed by atoms with Crippen molar-refractivity contribution in [2.24, 2.45) is 0 Å². The number of hydrogen-bond donors (Lipinski definition) is 1. The van der Waals surface area contributed by atoms with Gasteiger partial charge in [0, 0.05) is 17.1 Å². The normalized spacial score (nSPS) is 10.5. The molecule has 0 atom stereocenters. The van der Waals surface area contributed by atoms with E-state index in [-0.39, 0.29) is 0 Å². The van der Waals surface area contributed by atoms with Gasteiger partial charge < -0.3 is 14.8 Å². The summed E-state index contributed by atoms with van der Waals surface area (Å²) >= 11 is 12.5. The van der Waals surface area contributed by atoms with Crippen molar-refractivity contribution in [2.45, 2.75) is 20.1 Å². The molecule has 1 N–H and O–H groups in total. The quantitative estimate of drug-likeness (QED) is 0.793. The molecule has 0 spiro atoms. The van der Waals surface area contributed by atoms with E-state index in [2.05, 4.69) is 5.32 Å². The van der Waals surface area contributed by atoms with Crippen molar-refractivity contribution >= 4 is 23.2 Å². The largest absolute Gasteiger partial charge is 0.490 e. The first-order valence-corrected chi connectivity index (χ1v) is 7.87. The second-order valence-electron chi connectivity index (χ2n) is 4.75. The molecule has 0 aromatic heterocycles. The van der Waals surface area contributed by atoms with Crippen LogP contribution in [0.1, 0.15) is 18.1 Å². The van der Waals surface area contributed by atoms with Gasteiger partial charge in [0.2, 0.25) is 0 Å². The van der Waals surface area contributed by atoms with Crippen LogP contribution in [-0.2, 0) is 13.2 Å². The number of hydrogen-bond acceptors (Lipinski definition) is 3. The Bertz CT molecular complexity index is 632. The van der Waals surface area contributed by atoms with Gasteiger partial charge in [-0.25, -0.2) is 0 Å². The lowest BCUT2D eigenvalue weighted by molar-refractivity contribution is 0.269. The van der Waals surface area contributed by atoms with E-state index < -0.39 is 0 Å². The third kappa shape index (κ3) is 4.29. The van der Waals surface area contributed by atoms with Crippen LogP contribution in [0.2, 0.25) is 10.0 Å². The summed E-state index contributed by atoms with van der Waals surface area (Å²) in [5.41, 5.74) is 1.95. The van der Waals surface area contributed by atoms with Gasteiger partial charge in [0.25, 0.3) is 0 Å². The minimum Gasteiger partial charge on any atom is -0.490 e. The highest BCUT2D eigenvalue weighted by molar-refractivity contribution is 6.32. The number of rotatable bonds is 7. The van der Waals surface area contributed by atoms with E-state index in [1.54, 1.807) is 0 Å². The van der Waals surface area contributed by atoms with E-state index in [1.807, 2.05) is 50.4 Å². The van der Waals surface area contributed by atoms with E-state index in [0.717, 1.165) is 11.1 Å². The predicted molar refractivity (Wildman–Crippen MR) is 91.2 cm³/mol. The van der Waals surface area contributed by atoms with Crippen LogP contribution in [0.4, 0.5) is 0 Å². The minimum absolute atomic E-state index is 0.338. The van der Waals surface area contributed by atoms with Gasteiger partial charge in [0.15, 0.2) is 11.5 Å². The molecule has 0 aliphatic rings. The van der Waals surface area contributed by atoms with Crippen LogP contribution in [0.3, 0.4) is 0 Å². The molecule has 0 aliphatic heterocycles. The molecule has 2 aromatic carbocycles. The molecule has 0 saturated heterocycles. The summed E-state index contributed by atoms with van der Waals surface area (Å²) in [6.07, 6.45) is 0. The summed E-state index contributed by atoms with van der Waals surface area (Å²) < 4.78 is 11.5. The summed E-state index contributed by atoms with van der Waals surface area (Å²) in [5, 5.41) is 4.29. The van der Waals surface area contributed by atoms with Crippen molar-refractivity contribution in [2.75, 3.05) is 13.7 Å². The zero-order valence-electron chi connectivity index (χ0n) is 12.7. The lowest BCUT2D eigenvalue weighted by Crippen LogP contribution is -2.07. The van der Waals surface area contributed by atoms with Crippen molar-refractivity contribution in [1.82, 2.24) is 5.32 Å². The van der Waals surface area contributed by atoms with Gasteiger partial charge in [-0.05, 0) is 37.7 Å². The second kappa shape index (κ2) is 8.28. The third-order valence-corrected chi connectivity index (χ3v) is 3.73. The van der Waals surface area contributed by atoms with Crippen molar-refractivity contribution in [1.29, 1.82) is 0 Å². The van der Waals surface area contributed by atoms with Crippen molar-refractivity contribution in [3.05, 3.63) is 57.6 Å². The number of benzene rings is 2. The lowest BCUT2D eigenvalue weighted by Gasteiger charge is -2.15. The molecule has 0 heterocycles. The Kier molecular flexibility index (Phi) is 6.37. The first kappa shape index (κ1) is 16.9. The Morgan fingerprint density at radius 1 is 1.05 bits per heavy atom. The molecule has 5 heteroatoms. The van der Waals surface area contributed by atoms with Crippen LogP contribution in [0.15, 0.2) is 36.4 Å². The first-order chi connectivity index (χ1) is 10.7. The Balaban J connectivity index is 2.23. The van der Waals surface area contributed by atoms with E-state index in [4.69, 9.17) is 32.7 Å². The third-order valence-electron chi connectivity index (χ3n) is 3.08. The molecular formula is C17H19Cl2NO2. The summed E-state index contributed by atoms with van der Waals surface area (Å²) in [5.74, 6) is 1.19. The maximum absolute atomic E-state index is 6.35. The Morgan fingerprint density at radius 2 is 1.82 bits per heavy atom. The van der Waals surface area contributed by atoms with E-state index in [1.165, 1.54) is 0 Å². The fourth-order valence-corrected chi connectivity index (χ4v) is 2.57. The maximum Gasteiger partial charge on any atom is 0.180 e. The van der Waals surface area contributed by atoms with Crippen LogP contribution in [-0.4, -0.2) is 13.7 Å². The lowest BCUT2D eigenvalue weighted by atomic mass is 10.2. The second-order valence-corrected chi connectivity index (χ2v) is 5.56. The fourth-order valence-electron chi connectivity index (χ4n) is 2.10. The number of ether oxygens (including phenoxy) is 2. The van der Waals surface area contributed by atoms with Gasteiger partial charge in [0.1, 0.15) is 6.61 Å². The zero-order chi connectivity index (χ0) is 15.9. The Labute approximate surface area is 141 Å². The molecule has 0 amide bonds. The molecule has 0 bridgehead atoms. The average Bonchev–Trinajstić information content (AvgIpc) is 2.49. The number of nitrogens with one attached hydrogen (secondary N) is 1. The summed E-state index contributed by atoms with van der Waals surface area (Å²) in [7, 11) is 1.88. The molecule has 2 rings (SSSR count). The molecule has 0 radical (unpaired) electrons. The molecule has 3 nitrogen and oxygen atoms in total. The van der Waals surface area contributed by atoms with E-state index in [0.29, 0.717) is 41.3 Å². The highest BCUT2D eigenvalue weighted by Crippen LogP contribution is 2.37. The van der Waals surface area contributed by atoms with Gasteiger partial charge in [-0.15, -0.1) is 0 Å². The van der Waals surface area contributed by atoms with Crippen molar-refractivity contribution < 1.29 is 9.47 Å². The minimum atomic E-state index is 0.338. The molecule has 2 aromatic rings. The topological polar surface area (TPSA) is 30.5 Å². The fraction of sp³-hybridized carbons (Fsp3) is 0.294. The molecule has 22 heavy (non-hydrogen) atoms. The molecule has 0 fully saturated rings. The summed E-state index contributed by atoms with van der Waals surface area (Å²) in [4.78, 5) is 0. The number of halogens is 2. The Hall–Kier alpha value is -1.42. The summed E-state index contributed by atoms with van der Waals surface area (Å²) in [6.45, 7) is 3.52. The van der Waals surface area contributed by atoms with Gasteiger partial charge in [-0.3, -0.25) is 0 Å². The predicted octanol–water partition coefficient (Wildman–Crippen LogP) is 4.69. The van der Waals surface area contributed by atoms with Gasteiger partial charge in [0.05, 0.1) is 11.6 Å². The van der Waals surface area contributed by atoms with Crippen LogP contribution in [0.5, 0.6) is 11.5 Å². The SMILES string of the molecule is CCOc1cc(CNC)cc(Cl)c1OCc1ccccc1Cl. The van der Waals surface area contributed by atoms with Crippen molar-refractivity contribution in [3.63, 3.8) is 0 Å². The van der Waals surface area contributed by atoms with Gasteiger partial charge >= 0.3 is 0 Å². The van der Waals surface area contributed by atoms with Crippen LogP contribution >= 0.6 is 23.2 Å². The molecule has 118 valence electrons. The molecule has 0 aliphatic carbocycles. The van der Waals surface area contributed by atoms with E-state index in [9.17, 15) is 0 Å². The van der Waals surface area contributed by atoms with Gasteiger partial charge in [-0.1, -0.05) is 41.4 Å². The van der Waals surface area contributed by atoms with Crippen molar-refractivity contribution in [3.8, 4) is 11.5 Å². The van der Waals surface area contributed by atoms with Gasteiger partial charge in [-0.2, -0.15) is 0 Å². The monoisotopic (exact) mass is 339 g/mol. The standard InChI is InChI=1S/C17H19Cl2NO2/c1-3-21-16-9-12(10-20-2)8-15(19)17(16)22-11-13-6-4-5-7-14(13)18/h4-9,20H,3,10-11H2,1-2H3. The highest BCUT2D eigenvalue weighted by atomic mass is 35.5.